The lowest BCUT2D eigenvalue weighted by molar-refractivity contribution is -0.111. The zero-order valence-corrected chi connectivity index (χ0v) is 18.7. The van der Waals surface area contributed by atoms with Gasteiger partial charge in [-0.1, -0.05) is 23.2 Å². The van der Waals surface area contributed by atoms with Crippen LogP contribution in [0.3, 0.4) is 0 Å². The van der Waals surface area contributed by atoms with E-state index < -0.39 is 0 Å². The molecule has 5 nitrogen and oxygen atoms in total. The molecule has 0 aliphatic heterocycles. The van der Waals surface area contributed by atoms with E-state index in [1.807, 2.05) is 12.2 Å². The molecule has 0 radical (unpaired) electrons. The highest BCUT2D eigenvalue weighted by molar-refractivity contribution is 6.33. The van der Waals surface area contributed by atoms with E-state index in [1.54, 1.807) is 38.5 Å². The first-order valence-electron chi connectivity index (χ1n) is 9.20. The normalized spacial score (nSPS) is 16.3. The summed E-state index contributed by atoms with van der Waals surface area (Å²) in [4.78, 5) is 12.9. The molecule has 0 atom stereocenters. The number of ketones is 1. The molecule has 30 heavy (non-hydrogen) atoms. The van der Waals surface area contributed by atoms with Gasteiger partial charge in [-0.2, -0.15) is 0 Å². The first-order chi connectivity index (χ1) is 14.4. The summed E-state index contributed by atoms with van der Waals surface area (Å²) in [5, 5.41) is 0.842. The van der Waals surface area contributed by atoms with E-state index in [4.69, 9.17) is 42.1 Å². The minimum atomic E-state index is -0.00758. The SMILES string of the molecule is COc1cc(/C=C2/CC/C(=C\c3cc(Cl)c(OC)c(OC)c3)C2=O)cc(Cl)c1OC. The predicted molar refractivity (Wildman–Crippen MR) is 119 cm³/mol. The smallest absolute Gasteiger partial charge is 0.185 e. The Morgan fingerprint density at radius 3 is 1.43 bits per heavy atom. The molecule has 0 N–H and O–H groups in total. The lowest BCUT2D eigenvalue weighted by atomic mass is 10.1. The maximum Gasteiger partial charge on any atom is 0.185 e. The third-order valence-electron chi connectivity index (χ3n) is 4.84. The summed E-state index contributed by atoms with van der Waals surface area (Å²) in [7, 11) is 6.14. The summed E-state index contributed by atoms with van der Waals surface area (Å²) in [5.41, 5.74) is 2.96. The van der Waals surface area contributed by atoms with Gasteiger partial charge in [0, 0.05) is 11.1 Å². The van der Waals surface area contributed by atoms with E-state index in [9.17, 15) is 4.79 Å². The summed E-state index contributed by atoms with van der Waals surface area (Å²) >= 11 is 12.5. The van der Waals surface area contributed by atoms with E-state index in [0.29, 0.717) is 57.0 Å². The largest absolute Gasteiger partial charge is 0.493 e. The highest BCUT2D eigenvalue weighted by atomic mass is 35.5. The molecule has 0 spiro atoms. The fourth-order valence-electron chi connectivity index (χ4n) is 3.42. The van der Waals surface area contributed by atoms with Crippen molar-refractivity contribution in [3.05, 3.63) is 56.6 Å². The van der Waals surface area contributed by atoms with Gasteiger partial charge in [-0.15, -0.1) is 0 Å². The van der Waals surface area contributed by atoms with Crippen molar-refractivity contribution in [2.45, 2.75) is 12.8 Å². The number of hydrogen-bond donors (Lipinski definition) is 0. The summed E-state index contributed by atoms with van der Waals surface area (Å²) in [6.07, 6.45) is 4.94. The van der Waals surface area contributed by atoms with Crippen molar-refractivity contribution in [3.8, 4) is 23.0 Å². The van der Waals surface area contributed by atoms with E-state index in [-0.39, 0.29) is 5.78 Å². The number of allylic oxidation sites excluding steroid dienone is 2. The van der Waals surface area contributed by atoms with Crippen molar-refractivity contribution >= 4 is 41.1 Å². The molecule has 3 rings (SSSR count). The molecule has 7 heteroatoms. The minimum absolute atomic E-state index is 0.00758. The van der Waals surface area contributed by atoms with Gasteiger partial charge in [-0.25, -0.2) is 0 Å². The molecule has 0 bridgehead atoms. The number of carbonyl (C=O) groups is 1. The van der Waals surface area contributed by atoms with Crippen LogP contribution in [-0.4, -0.2) is 34.2 Å². The fraction of sp³-hybridized carbons (Fsp3) is 0.261. The Kier molecular flexibility index (Phi) is 6.95. The van der Waals surface area contributed by atoms with Crippen molar-refractivity contribution in [1.82, 2.24) is 0 Å². The van der Waals surface area contributed by atoms with Gasteiger partial charge in [-0.3, -0.25) is 4.79 Å². The molecule has 0 amide bonds. The van der Waals surface area contributed by atoms with Crippen molar-refractivity contribution < 1.29 is 23.7 Å². The molecule has 1 aliphatic rings. The van der Waals surface area contributed by atoms with Crippen LogP contribution in [0.4, 0.5) is 0 Å². The molecule has 1 saturated carbocycles. The average Bonchev–Trinajstić information content (AvgIpc) is 3.06. The van der Waals surface area contributed by atoms with Crippen LogP contribution in [0.1, 0.15) is 24.0 Å². The summed E-state index contributed by atoms with van der Waals surface area (Å²) in [6.45, 7) is 0. The summed E-state index contributed by atoms with van der Waals surface area (Å²) < 4.78 is 21.2. The van der Waals surface area contributed by atoms with Crippen molar-refractivity contribution in [2.75, 3.05) is 28.4 Å². The number of carbonyl (C=O) groups excluding carboxylic acids is 1. The first kappa shape index (κ1) is 22.1. The van der Waals surface area contributed by atoms with E-state index in [1.165, 1.54) is 14.2 Å². The maximum atomic E-state index is 12.9. The molecule has 158 valence electrons. The molecule has 1 fully saturated rings. The number of halogens is 2. The lowest BCUT2D eigenvalue weighted by Gasteiger charge is -2.10. The molecule has 0 saturated heterocycles. The second-order valence-electron chi connectivity index (χ2n) is 6.64. The number of ether oxygens (including phenoxy) is 4. The molecular weight excluding hydrogens is 427 g/mol. The molecule has 0 heterocycles. The van der Waals surface area contributed by atoms with Crippen molar-refractivity contribution in [2.24, 2.45) is 0 Å². The third kappa shape index (κ3) is 4.42. The van der Waals surface area contributed by atoms with Crippen molar-refractivity contribution in [3.63, 3.8) is 0 Å². The van der Waals surface area contributed by atoms with Crippen molar-refractivity contribution in [1.29, 1.82) is 0 Å². The van der Waals surface area contributed by atoms with Gasteiger partial charge in [0.1, 0.15) is 0 Å². The van der Waals surface area contributed by atoms with Crippen LogP contribution < -0.4 is 18.9 Å². The third-order valence-corrected chi connectivity index (χ3v) is 5.40. The van der Waals surface area contributed by atoms with Gasteiger partial charge in [-0.05, 0) is 60.4 Å². The molecular formula is C23H22Cl2O5. The standard InChI is InChI=1S/C23H22Cl2O5/c1-27-19-11-13(9-17(24)22(19)29-3)7-15-5-6-16(21(15)26)8-14-10-18(25)23(30-4)20(12-14)28-2/h7-12H,5-6H2,1-4H3/b15-7-,16-8+. The van der Waals surface area contributed by atoms with Gasteiger partial charge < -0.3 is 18.9 Å². The van der Waals surface area contributed by atoms with Crippen LogP contribution in [0, 0.1) is 0 Å². The lowest BCUT2D eigenvalue weighted by Crippen LogP contribution is -1.97. The number of benzene rings is 2. The van der Waals surface area contributed by atoms with Gasteiger partial charge in [0.25, 0.3) is 0 Å². The Bertz CT molecular complexity index is 959. The Labute approximate surface area is 185 Å². The number of hydrogen-bond acceptors (Lipinski definition) is 5. The minimum Gasteiger partial charge on any atom is -0.493 e. The molecule has 0 unspecified atom stereocenters. The quantitative estimate of drug-likeness (QED) is 0.518. The van der Waals surface area contributed by atoms with Crippen LogP contribution in [-0.2, 0) is 4.79 Å². The Morgan fingerprint density at radius 1 is 0.700 bits per heavy atom. The van der Waals surface area contributed by atoms with Crippen LogP contribution in [0.5, 0.6) is 23.0 Å². The zero-order chi connectivity index (χ0) is 21.8. The number of methoxy groups -OCH3 is 4. The monoisotopic (exact) mass is 448 g/mol. The van der Waals surface area contributed by atoms with Gasteiger partial charge in [0.05, 0.1) is 38.5 Å². The maximum absolute atomic E-state index is 12.9. The van der Waals surface area contributed by atoms with Gasteiger partial charge in [0.2, 0.25) is 0 Å². The van der Waals surface area contributed by atoms with E-state index >= 15 is 0 Å². The van der Waals surface area contributed by atoms with E-state index in [2.05, 4.69) is 0 Å². The molecule has 2 aromatic carbocycles. The first-order valence-corrected chi connectivity index (χ1v) is 9.96. The Morgan fingerprint density at radius 2 is 1.10 bits per heavy atom. The predicted octanol–water partition coefficient (Wildman–Crippen LogP) is 5.86. The summed E-state index contributed by atoms with van der Waals surface area (Å²) in [6, 6.07) is 7.08. The van der Waals surface area contributed by atoms with Crippen LogP contribution in [0.25, 0.3) is 12.2 Å². The molecule has 2 aromatic rings. The van der Waals surface area contributed by atoms with Gasteiger partial charge in [0.15, 0.2) is 28.8 Å². The Balaban J connectivity index is 1.91. The van der Waals surface area contributed by atoms with Gasteiger partial charge >= 0.3 is 0 Å². The molecule has 0 aromatic heterocycles. The number of Topliss-reactive ketones (excluding diaryl/α,β-unsaturated/α-hetero) is 1. The average molecular weight is 449 g/mol. The number of rotatable bonds is 6. The molecule has 1 aliphatic carbocycles. The van der Waals surface area contributed by atoms with Crippen LogP contribution in [0.2, 0.25) is 10.0 Å². The second-order valence-corrected chi connectivity index (χ2v) is 7.46. The second kappa shape index (κ2) is 9.45. The fourth-order valence-corrected chi connectivity index (χ4v) is 4.02. The van der Waals surface area contributed by atoms with E-state index in [0.717, 1.165) is 11.1 Å². The van der Waals surface area contributed by atoms with Crippen LogP contribution in [0.15, 0.2) is 35.4 Å². The summed E-state index contributed by atoms with van der Waals surface area (Å²) in [5.74, 6) is 1.94. The topological polar surface area (TPSA) is 54.0 Å². The Hall–Kier alpha value is -2.63. The zero-order valence-electron chi connectivity index (χ0n) is 17.2. The van der Waals surface area contributed by atoms with Crippen LogP contribution >= 0.6 is 23.2 Å². The highest BCUT2D eigenvalue weighted by Gasteiger charge is 2.24. The highest BCUT2D eigenvalue weighted by Crippen LogP contribution is 2.39.